The van der Waals surface area contributed by atoms with E-state index in [0.717, 1.165) is 37.2 Å². The van der Waals surface area contributed by atoms with E-state index in [0.29, 0.717) is 0 Å². The maximum absolute atomic E-state index is 12.5. The number of epoxide rings is 2. The Hall–Kier alpha value is -2.15. The van der Waals surface area contributed by atoms with Gasteiger partial charge in [-0.25, -0.2) is 4.79 Å². The molecule has 31 heavy (non-hydrogen) atoms. The van der Waals surface area contributed by atoms with E-state index in [2.05, 4.69) is 19.9 Å². The van der Waals surface area contributed by atoms with E-state index in [4.69, 9.17) is 23.7 Å². The Labute approximate surface area is 184 Å². The van der Waals surface area contributed by atoms with Gasteiger partial charge in [0, 0.05) is 19.1 Å². The molecule has 1 saturated carbocycles. The van der Waals surface area contributed by atoms with Crippen molar-refractivity contribution in [1.29, 1.82) is 0 Å². The predicted octanol–water partition coefficient (Wildman–Crippen LogP) is 3.94. The van der Waals surface area contributed by atoms with Crippen molar-refractivity contribution in [2.45, 2.75) is 63.1 Å². The molecule has 3 fully saturated rings. The second kappa shape index (κ2) is 9.15. The zero-order valence-electron chi connectivity index (χ0n) is 18.7. The number of hydrogen-bond acceptors (Lipinski definition) is 6. The molecule has 0 N–H and O–H groups in total. The molecule has 0 amide bonds. The van der Waals surface area contributed by atoms with Crippen molar-refractivity contribution in [3.63, 3.8) is 0 Å². The van der Waals surface area contributed by atoms with Gasteiger partial charge in [0.1, 0.15) is 18.0 Å². The molecule has 0 radical (unpaired) electrons. The van der Waals surface area contributed by atoms with Crippen molar-refractivity contribution < 1.29 is 28.5 Å². The minimum Gasteiger partial charge on any atom is -0.497 e. The van der Waals surface area contributed by atoms with Gasteiger partial charge in [-0.3, -0.25) is 0 Å². The molecule has 6 heteroatoms. The fourth-order valence-corrected chi connectivity index (χ4v) is 4.67. The van der Waals surface area contributed by atoms with Crippen molar-refractivity contribution in [3.05, 3.63) is 47.6 Å². The Morgan fingerprint density at radius 1 is 1.23 bits per heavy atom. The van der Waals surface area contributed by atoms with E-state index in [1.807, 2.05) is 24.3 Å². The molecular weight excluding hydrogens is 396 g/mol. The van der Waals surface area contributed by atoms with Gasteiger partial charge in [-0.2, -0.15) is 0 Å². The Morgan fingerprint density at radius 3 is 2.58 bits per heavy atom. The summed E-state index contributed by atoms with van der Waals surface area (Å²) in [4.78, 5) is 12.5. The smallest absolute Gasteiger partial charge is 0.331 e. The zero-order chi connectivity index (χ0) is 22.0. The van der Waals surface area contributed by atoms with Crippen LogP contribution in [0.2, 0.25) is 0 Å². The van der Waals surface area contributed by atoms with Crippen LogP contribution in [0.3, 0.4) is 0 Å². The van der Waals surface area contributed by atoms with E-state index in [-0.39, 0.29) is 41.9 Å². The quantitative estimate of drug-likeness (QED) is 0.270. The summed E-state index contributed by atoms with van der Waals surface area (Å²) in [7, 11) is 3.31. The largest absolute Gasteiger partial charge is 0.497 e. The minimum absolute atomic E-state index is 0.0742. The highest BCUT2D eigenvalue weighted by Crippen LogP contribution is 2.54. The Balaban J connectivity index is 1.39. The molecule has 3 aliphatic rings. The lowest BCUT2D eigenvalue weighted by Crippen LogP contribution is -2.52. The number of benzene rings is 1. The molecule has 168 valence electrons. The lowest BCUT2D eigenvalue weighted by molar-refractivity contribution is -0.163. The van der Waals surface area contributed by atoms with Gasteiger partial charge in [0.25, 0.3) is 0 Å². The first-order valence-corrected chi connectivity index (χ1v) is 10.9. The zero-order valence-corrected chi connectivity index (χ0v) is 18.7. The van der Waals surface area contributed by atoms with Gasteiger partial charge in [-0.1, -0.05) is 23.8 Å². The fraction of sp³-hybridized carbons (Fsp3) is 0.560. The average molecular weight is 429 g/mol. The summed E-state index contributed by atoms with van der Waals surface area (Å²) >= 11 is 0. The highest BCUT2D eigenvalue weighted by molar-refractivity contribution is 5.87. The lowest BCUT2D eigenvalue weighted by atomic mass is 9.73. The molecule has 2 aliphatic heterocycles. The molecule has 1 aromatic carbocycles. The number of esters is 1. The molecule has 0 bridgehead atoms. The highest BCUT2D eigenvalue weighted by Gasteiger charge is 2.66. The van der Waals surface area contributed by atoms with Gasteiger partial charge in [0.15, 0.2) is 0 Å². The number of hydrogen-bond donors (Lipinski definition) is 0. The van der Waals surface area contributed by atoms with Gasteiger partial charge in [0.05, 0.1) is 31.5 Å². The number of carbonyl (C=O) groups excluding carboxylic acids is 1. The van der Waals surface area contributed by atoms with Gasteiger partial charge in [-0.15, -0.1) is 0 Å². The average Bonchev–Trinajstić information content (AvgIpc) is 3.69. The van der Waals surface area contributed by atoms with Crippen LogP contribution in [0, 0.1) is 5.92 Å². The van der Waals surface area contributed by atoms with Crippen LogP contribution in [-0.4, -0.2) is 56.8 Å². The van der Waals surface area contributed by atoms with Gasteiger partial charge >= 0.3 is 5.97 Å². The molecular formula is C25H32O6. The molecule has 1 spiro atoms. The first kappa shape index (κ1) is 22.1. The summed E-state index contributed by atoms with van der Waals surface area (Å²) in [6, 6.07) is 7.49. The van der Waals surface area contributed by atoms with E-state index >= 15 is 0 Å². The van der Waals surface area contributed by atoms with Crippen molar-refractivity contribution in [1.82, 2.24) is 0 Å². The van der Waals surface area contributed by atoms with E-state index in [1.165, 1.54) is 11.6 Å². The number of ether oxygens (including phenoxy) is 5. The fourth-order valence-electron chi connectivity index (χ4n) is 4.67. The third kappa shape index (κ3) is 5.03. The summed E-state index contributed by atoms with van der Waals surface area (Å²) in [5.41, 5.74) is 2.00. The third-order valence-electron chi connectivity index (χ3n) is 6.50. The summed E-state index contributed by atoms with van der Waals surface area (Å²) in [6.45, 7) is 4.91. The monoisotopic (exact) mass is 428 g/mol. The molecule has 1 unspecified atom stereocenters. The second-order valence-electron chi connectivity index (χ2n) is 8.86. The lowest BCUT2D eigenvalue weighted by Gasteiger charge is -2.39. The van der Waals surface area contributed by atoms with E-state index < -0.39 is 0 Å². The van der Waals surface area contributed by atoms with Crippen LogP contribution in [0.5, 0.6) is 5.75 Å². The van der Waals surface area contributed by atoms with Crippen LogP contribution in [0.1, 0.15) is 38.7 Å². The Kier molecular flexibility index (Phi) is 6.51. The number of rotatable bonds is 8. The number of methoxy groups -OCH3 is 2. The van der Waals surface area contributed by atoms with Crippen LogP contribution in [0.25, 0.3) is 6.08 Å². The molecule has 1 aromatic rings. The SMILES string of the molecule is COc1ccc(/C=C/C(=O)O[C@@H]2CC[C@]3(CO3)C([C@@H]3O[C@H]3CC=C(C)C)[C@@H]2OC)cc1. The maximum atomic E-state index is 12.5. The number of carbonyl (C=O) groups is 1. The van der Waals surface area contributed by atoms with Gasteiger partial charge < -0.3 is 23.7 Å². The van der Waals surface area contributed by atoms with E-state index in [1.54, 1.807) is 20.3 Å². The summed E-state index contributed by atoms with van der Waals surface area (Å²) in [5.74, 6) is 0.481. The Morgan fingerprint density at radius 2 is 1.97 bits per heavy atom. The molecule has 0 aromatic heterocycles. The summed E-state index contributed by atoms with van der Waals surface area (Å²) < 4.78 is 28.8. The predicted molar refractivity (Wildman–Crippen MR) is 117 cm³/mol. The van der Waals surface area contributed by atoms with Crippen molar-refractivity contribution >= 4 is 12.0 Å². The molecule has 1 aliphatic carbocycles. The molecule has 6 atom stereocenters. The number of allylic oxidation sites excluding steroid dienone is 1. The third-order valence-corrected chi connectivity index (χ3v) is 6.50. The molecule has 6 nitrogen and oxygen atoms in total. The van der Waals surface area contributed by atoms with Crippen molar-refractivity contribution in [2.75, 3.05) is 20.8 Å². The second-order valence-corrected chi connectivity index (χ2v) is 8.86. The van der Waals surface area contributed by atoms with Crippen LogP contribution < -0.4 is 4.74 Å². The van der Waals surface area contributed by atoms with Crippen molar-refractivity contribution in [3.8, 4) is 5.75 Å². The summed E-state index contributed by atoms with van der Waals surface area (Å²) in [5, 5.41) is 0. The Bertz CT molecular complexity index is 834. The summed E-state index contributed by atoms with van der Waals surface area (Å²) in [6.07, 6.45) is 7.60. The molecule has 4 rings (SSSR count). The first-order chi connectivity index (χ1) is 15.0. The van der Waals surface area contributed by atoms with Crippen LogP contribution in [0.4, 0.5) is 0 Å². The highest BCUT2D eigenvalue weighted by atomic mass is 16.6. The topological polar surface area (TPSA) is 69.8 Å². The van der Waals surface area contributed by atoms with Crippen LogP contribution in [0.15, 0.2) is 42.0 Å². The molecule has 2 saturated heterocycles. The van der Waals surface area contributed by atoms with Crippen LogP contribution >= 0.6 is 0 Å². The van der Waals surface area contributed by atoms with Gasteiger partial charge in [0.2, 0.25) is 0 Å². The normalized spacial score (nSPS) is 33.9. The van der Waals surface area contributed by atoms with Crippen LogP contribution in [-0.2, 0) is 23.7 Å². The standard InChI is InChI=1S/C25H32O6/c1-16(2)5-11-19-24(31-19)22-23(28-4)20(13-14-25(22)15-29-25)30-21(26)12-8-17-6-9-18(27-3)10-7-17/h5-10,12,19-20,22-24H,11,13-15H2,1-4H3/b12-8+/t19-,20+,22?,23+,24+,25-/m0/s1. The van der Waals surface area contributed by atoms with E-state index in [9.17, 15) is 4.79 Å². The maximum Gasteiger partial charge on any atom is 0.331 e. The molecule has 2 heterocycles. The van der Waals surface area contributed by atoms with Crippen molar-refractivity contribution in [2.24, 2.45) is 5.92 Å². The van der Waals surface area contributed by atoms with Gasteiger partial charge in [-0.05, 0) is 56.9 Å². The first-order valence-electron chi connectivity index (χ1n) is 10.9. The minimum atomic E-state index is -0.368.